The monoisotopic (exact) mass is 250 g/mol. The molecule has 2 nitrogen and oxygen atoms in total. The highest BCUT2D eigenvalue weighted by molar-refractivity contribution is 5.89. The van der Waals surface area contributed by atoms with Crippen molar-refractivity contribution < 1.29 is 9.53 Å². The first-order chi connectivity index (χ1) is 9.20. The van der Waals surface area contributed by atoms with Crippen LogP contribution in [0.1, 0.15) is 27.0 Å². The van der Waals surface area contributed by atoms with Crippen molar-refractivity contribution in [3.8, 4) is 11.8 Å². The number of ether oxygens (including phenoxy) is 1. The molecule has 0 aliphatic rings. The lowest BCUT2D eigenvalue weighted by Gasteiger charge is -1.99. The lowest BCUT2D eigenvalue weighted by Crippen LogP contribution is -2.00. The number of benzene rings is 2. The van der Waals surface area contributed by atoms with Crippen molar-refractivity contribution in [3.63, 3.8) is 0 Å². The highest BCUT2D eigenvalue weighted by Gasteiger charge is 2.04. The minimum Gasteiger partial charge on any atom is -0.465 e. The summed E-state index contributed by atoms with van der Waals surface area (Å²) in [5, 5.41) is 0. The predicted molar refractivity (Wildman–Crippen MR) is 74.9 cm³/mol. The average molecular weight is 250 g/mol. The molecule has 0 saturated carbocycles. The largest absolute Gasteiger partial charge is 0.465 e. The highest BCUT2D eigenvalue weighted by Crippen LogP contribution is 2.08. The molecule has 0 fully saturated rings. The van der Waals surface area contributed by atoms with Crippen LogP contribution in [-0.2, 0) is 4.74 Å². The van der Waals surface area contributed by atoms with E-state index in [4.69, 9.17) is 0 Å². The molecular weight excluding hydrogens is 236 g/mol. The van der Waals surface area contributed by atoms with Crippen LogP contribution in [0, 0.1) is 18.8 Å². The van der Waals surface area contributed by atoms with Gasteiger partial charge in [0.05, 0.1) is 12.7 Å². The fourth-order valence-corrected chi connectivity index (χ4v) is 1.69. The minimum absolute atomic E-state index is 0.348. The van der Waals surface area contributed by atoms with Gasteiger partial charge < -0.3 is 4.74 Å². The lowest BCUT2D eigenvalue weighted by molar-refractivity contribution is 0.0600. The van der Waals surface area contributed by atoms with Gasteiger partial charge in [-0.05, 0) is 36.8 Å². The van der Waals surface area contributed by atoms with Gasteiger partial charge in [-0.15, -0.1) is 0 Å². The van der Waals surface area contributed by atoms with Crippen LogP contribution in [0.25, 0.3) is 0 Å². The Balaban J connectivity index is 2.30. The molecule has 2 rings (SSSR count). The third-order valence-corrected chi connectivity index (χ3v) is 2.77. The molecule has 0 N–H and O–H groups in total. The number of esters is 1. The maximum Gasteiger partial charge on any atom is 0.337 e. The zero-order chi connectivity index (χ0) is 13.7. The second kappa shape index (κ2) is 5.88. The molecular formula is C17H14O2. The molecule has 0 amide bonds. The van der Waals surface area contributed by atoms with Crippen LogP contribution in [-0.4, -0.2) is 13.1 Å². The molecule has 0 unspecified atom stereocenters. The quantitative estimate of drug-likeness (QED) is 0.574. The van der Waals surface area contributed by atoms with Gasteiger partial charge in [-0.25, -0.2) is 4.79 Å². The summed E-state index contributed by atoms with van der Waals surface area (Å²) in [4.78, 5) is 11.4. The number of aryl methyl sites for hydroxylation is 1. The van der Waals surface area contributed by atoms with Gasteiger partial charge in [0.2, 0.25) is 0 Å². The topological polar surface area (TPSA) is 26.3 Å². The maximum atomic E-state index is 11.4. The molecule has 2 aromatic rings. The number of carbonyl (C=O) groups excluding carboxylic acids is 1. The first-order valence-corrected chi connectivity index (χ1v) is 5.97. The summed E-state index contributed by atoms with van der Waals surface area (Å²) in [5.41, 5.74) is 3.44. The van der Waals surface area contributed by atoms with Gasteiger partial charge in [0.25, 0.3) is 0 Å². The van der Waals surface area contributed by atoms with Crippen molar-refractivity contribution in [3.05, 3.63) is 70.8 Å². The normalized spacial score (nSPS) is 9.37. The van der Waals surface area contributed by atoms with E-state index in [1.165, 1.54) is 7.11 Å². The van der Waals surface area contributed by atoms with Crippen LogP contribution in [0.15, 0.2) is 48.5 Å². The summed E-state index contributed by atoms with van der Waals surface area (Å²) in [6.45, 7) is 2.02. The van der Waals surface area contributed by atoms with E-state index in [0.29, 0.717) is 5.56 Å². The van der Waals surface area contributed by atoms with Gasteiger partial charge in [-0.2, -0.15) is 0 Å². The van der Waals surface area contributed by atoms with E-state index in [2.05, 4.69) is 16.6 Å². The first-order valence-electron chi connectivity index (χ1n) is 5.97. The van der Waals surface area contributed by atoms with Gasteiger partial charge in [0.15, 0.2) is 0 Å². The Hall–Kier alpha value is -2.53. The highest BCUT2D eigenvalue weighted by atomic mass is 16.5. The Morgan fingerprint density at radius 1 is 1.05 bits per heavy atom. The minimum atomic E-state index is -0.348. The number of rotatable bonds is 1. The Morgan fingerprint density at radius 2 is 1.84 bits per heavy atom. The SMILES string of the molecule is COC(=O)c1cccc(C#Cc2ccccc2C)c1. The fourth-order valence-electron chi connectivity index (χ4n) is 1.69. The van der Waals surface area contributed by atoms with Crippen LogP contribution in [0.4, 0.5) is 0 Å². The smallest absolute Gasteiger partial charge is 0.337 e. The fraction of sp³-hybridized carbons (Fsp3) is 0.118. The Labute approximate surface area is 113 Å². The summed E-state index contributed by atoms with van der Waals surface area (Å²) in [5.74, 6) is 5.83. The predicted octanol–water partition coefficient (Wildman–Crippen LogP) is 3.18. The van der Waals surface area contributed by atoms with Crippen molar-refractivity contribution in [1.82, 2.24) is 0 Å². The van der Waals surface area contributed by atoms with E-state index in [-0.39, 0.29) is 5.97 Å². The Bertz CT molecular complexity index is 660. The summed E-state index contributed by atoms with van der Waals surface area (Å²) in [6.07, 6.45) is 0. The molecule has 0 aliphatic carbocycles. The maximum absolute atomic E-state index is 11.4. The van der Waals surface area contributed by atoms with Crippen LogP contribution in [0.3, 0.4) is 0 Å². The second-order valence-corrected chi connectivity index (χ2v) is 4.14. The Morgan fingerprint density at radius 3 is 2.58 bits per heavy atom. The summed E-state index contributed by atoms with van der Waals surface area (Å²) < 4.78 is 4.69. The summed E-state index contributed by atoms with van der Waals surface area (Å²) >= 11 is 0. The van der Waals surface area contributed by atoms with E-state index in [9.17, 15) is 4.79 Å². The molecule has 0 aliphatic heterocycles. The standard InChI is InChI=1S/C17H14O2/c1-13-6-3-4-8-15(13)11-10-14-7-5-9-16(12-14)17(18)19-2/h3-9,12H,1-2H3. The summed E-state index contributed by atoms with van der Waals surface area (Å²) in [7, 11) is 1.37. The van der Waals surface area contributed by atoms with Gasteiger partial charge in [0.1, 0.15) is 0 Å². The molecule has 94 valence electrons. The van der Waals surface area contributed by atoms with E-state index in [0.717, 1.165) is 16.7 Å². The van der Waals surface area contributed by atoms with Crippen molar-refractivity contribution in [2.45, 2.75) is 6.92 Å². The number of carbonyl (C=O) groups is 1. The molecule has 0 saturated heterocycles. The number of hydrogen-bond acceptors (Lipinski definition) is 2. The lowest BCUT2D eigenvalue weighted by atomic mass is 10.1. The number of methoxy groups -OCH3 is 1. The van der Waals surface area contributed by atoms with Crippen LogP contribution in [0.2, 0.25) is 0 Å². The van der Waals surface area contributed by atoms with Crippen LogP contribution < -0.4 is 0 Å². The van der Waals surface area contributed by atoms with Crippen molar-refractivity contribution in [2.75, 3.05) is 7.11 Å². The molecule has 0 atom stereocenters. The molecule has 0 heterocycles. The van der Waals surface area contributed by atoms with Crippen LogP contribution in [0.5, 0.6) is 0 Å². The molecule has 0 radical (unpaired) electrons. The third-order valence-electron chi connectivity index (χ3n) is 2.77. The van der Waals surface area contributed by atoms with Gasteiger partial charge >= 0.3 is 5.97 Å². The van der Waals surface area contributed by atoms with Crippen molar-refractivity contribution in [2.24, 2.45) is 0 Å². The number of hydrogen-bond donors (Lipinski definition) is 0. The molecule has 0 spiro atoms. The molecule has 19 heavy (non-hydrogen) atoms. The third kappa shape index (κ3) is 3.23. The molecule has 2 aromatic carbocycles. The molecule has 0 bridgehead atoms. The van der Waals surface area contributed by atoms with E-state index in [1.54, 1.807) is 18.2 Å². The van der Waals surface area contributed by atoms with Crippen molar-refractivity contribution >= 4 is 5.97 Å². The molecule has 2 heteroatoms. The first kappa shape index (κ1) is 12.9. The second-order valence-electron chi connectivity index (χ2n) is 4.14. The van der Waals surface area contributed by atoms with Gasteiger partial charge in [-0.1, -0.05) is 36.1 Å². The van der Waals surface area contributed by atoms with E-state index < -0.39 is 0 Å². The average Bonchev–Trinajstić information content (AvgIpc) is 2.46. The zero-order valence-corrected chi connectivity index (χ0v) is 10.9. The van der Waals surface area contributed by atoms with Gasteiger partial charge in [0, 0.05) is 11.1 Å². The Kier molecular flexibility index (Phi) is 4.00. The van der Waals surface area contributed by atoms with Crippen molar-refractivity contribution in [1.29, 1.82) is 0 Å². The van der Waals surface area contributed by atoms with Gasteiger partial charge in [-0.3, -0.25) is 0 Å². The van der Waals surface area contributed by atoms with Crippen LogP contribution >= 0.6 is 0 Å². The zero-order valence-electron chi connectivity index (χ0n) is 10.9. The van der Waals surface area contributed by atoms with E-state index in [1.807, 2.05) is 37.3 Å². The molecule has 0 aromatic heterocycles. The van der Waals surface area contributed by atoms with E-state index >= 15 is 0 Å². The summed E-state index contributed by atoms with van der Waals surface area (Å²) in [6, 6.07) is 15.1.